The van der Waals surface area contributed by atoms with Crippen molar-refractivity contribution in [3.8, 4) is 5.75 Å². The van der Waals surface area contributed by atoms with Crippen LogP contribution < -0.4 is 4.74 Å². The fourth-order valence-corrected chi connectivity index (χ4v) is 2.41. The summed E-state index contributed by atoms with van der Waals surface area (Å²) in [5.41, 5.74) is 2.54. The van der Waals surface area contributed by atoms with Crippen LogP contribution in [0.25, 0.3) is 17.0 Å². The molecule has 0 aliphatic rings. The average molecular weight is 303 g/mol. The quantitative estimate of drug-likeness (QED) is 0.513. The first-order valence-corrected chi connectivity index (χ1v) is 7.57. The van der Waals surface area contributed by atoms with Gasteiger partial charge in [-0.3, -0.25) is 9.78 Å². The molecule has 0 saturated heterocycles. The van der Waals surface area contributed by atoms with E-state index in [1.165, 1.54) is 0 Å². The lowest BCUT2D eigenvalue weighted by molar-refractivity contribution is 0.104. The average Bonchev–Trinajstić information content (AvgIpc) is 2.60. The Kier molecular flexibility index (Phi) is 4.48. The highest BCUT2D eigenvalue weighted by molar-refractivity contribution is 6.07. The van der Waals surface area contributed by atoms with E-state index in [1.54, 1.807) is 24.4 Å². The summed E-state index contributed by atoms with van der Waals surface area (Å²) in [7, 11) is 0. The van der Waals surface area contributed by atoms with Crippen LogP contribution in [0.15, 0.2) is 66.9 Å². The van der Waals surface area contributed by atoms with Gasteiger partial charge in [0.2, 0.25) is 0 Å². The number of hydrogen-bond acceptors (Lipinski definition) is 3. The van der Waals surface area contributed by atoms with E-state index in [1.807, 2.05) is 55.5 Å². The first-order valence-electron chi connectivity index (χ1n) is 7.57. The van der Waals surface area contributed by atoms with Crippen LogP contribution in [-0.4, -0.2) is 17.4 Å². The van der Waals surface area contributed by atoms with Crippen LogP contribution in [0.3, 0.4) is 0 Å². The Bertz CT molecular complexity index is 846. The number of rotatable bonds is 5. The SMILES string of the molecule is CCOc1ccc(C(=O)/C=C/c2ccnc3ccccc23)cc1. The maximum atomic E-state index is 12.3. The second-order valence-electron chi connectivity index (χ2n) is 5.07. The minimum atomic E-state index is -0.0334. The smallest absolute Gasteiger partial charge is 0.185 e. The van der Waals surface area contributed by atoms with Crippen molar-refractivity contribution in [3.63, 3.8) is 0 Å². The summed E-state index contributed by atoms with van der Waals surface area (Å²) in [6.07, 6.45) is 5.18. The molecule has 0 bridgehead atoms. The third-order valence-electron chi connectivity index (χ3n) is 3.55. The molecule has 114 valence electrons. The molecule has 2 aromatic carbocycles. The number of nitrogens with zero attached hydrogens (tertiary/aromatic N) is 1. The number of fused-ring (bicyclic) bond motifs is 1. The Labute approximate surface area is 135 Å². The van der Waals surface area contributed by atoms with Gasteiger partial charge in [-0.2, -0.15) is 0 Å². The van der Waals surface area contributed by atoms with Crippen molar-refractivity contribution in [1.82, 2.24) is 4.98 Å². The number of benzene rings is 2. The minimum absolute atomic E-state index is 0.0334. The van der Waals surface area contributed by atoms with E-state index in [0.29, 0.717) is 12.2 Å². The number of carbonyl (C=O) groups excluding carboxylic acids is 1. The molecule has 1 heterocycles. The Morgan fingerprint density at radius 2 is 1.87 bits per heavy atom. The molecule has 0 aliphatic heterocycles. The zero-order valence-electron chi connectivity index (χ0n) is 12.9. The van der Waals surface area contributed by atoms with Crippen LogP contribution in [0.1, 0.15) is 22.8 Å². The van der Waals surface area contributed by atoms with Crippen LogP contribution in [-0.2, 0) is 0 Å². The summed E-state index contributed by atoms with van der Waals surface area (Å²) in [5, 5.41) is 1.03. The molecule has 3 aromatic rings. The molecular weight excluding hydrogens is 286 g/mol. The van der Waals surface area contributed by atoms with Crippen molar-refractivity contribution in [3.05, 3.63) is 78.0 Å². The molecule has 23 heavy (non-hydrogen) atoms. The normalized spacial score (nSPS) is 11.0. The lowest BCUT2D eigenvalue weighted by Gasteiger charge is -2.03. The van der Waals surface area contributed by atoms with Crippen LogP contribution in [0.5, 0.6) is 5.75 Å². The molecule has 3 nitrogen and oxygen atoms in total. The minimum Gasteiger partial charge on any atom is -0.494 e. The molecule has 0 saturated carbocycles. The monoisotopic (exact) mass is 303 g/mol. The van der Waals surface area contributed by atoms with Crippen molar-refractivity contribution in [2.24, 2.45) is 0 Å². The van der Waals surface area contributed by atoms with Gasteiger partial charge in [-0.1, -0.05) is 24.3 Å². The number of para-hydroxylation sites is 1. The van der Waals surface area contributed by atoms with Gasteiger partial charge < -0.3 is 4.74 Å². The van der Waals surface area contributed by atoms with Crippen LogP contribution in [0, 0.1) is 0 Å². The number of hydrogen-bond donors (Lipinski definition) is 0. The number of ether oxygens (including phenoxy) is 1. The highest BCUT2D eigenvalue weighted by Gasteiger charge is 2.03. The molecule has 0 spiro atoms. The Balaban J connectivity index is 1.82. The number of aromatic nitrogens is 1. The van der Waals surface area contributed by atoms with Gasteiger partial charge in [0.15, 0.2) is 5.78 Å². The second-order valence-corrected chi connectivity index (χ2v) is 5.07. The Hall–Kier alpha value is -2.94. The highest BCUT2D eigenvalue weighted by atomic mass is 16.5. The van der Waals surface area contributed by atoms with E-state index in [0.717, 1.165) is 22.2 Å². The highest BCUT2D eigenvalue weighted by Crippen LogP contribution is 2.18. The predicted molar refractivity (Wildman–Crippen MR) is 92.7 cm³/mol. The molecular formula is C20H17NO2. The summed E-state index contributed by atoms with van der Waals surface area (Å²) in [6.45, 7) is 2.54. The third-order valence-corrected chi connectivity index (χ3v) is 3.55. The van der Waals surface area contributed by atoms with Crippen molar-refractivity contribution in [2.45, 2.75) is 6.92 Å². The predicted octanol–water partition coefficient (Wildman–Crippen LogP) is 4.53. The van der Waals surface area contributed by atoms with E-state index in [-0.39, 0.29) is 5.78 Å². The second kappa shape index (κ2) is 6.88. The molecule has 0 N–H and O–H groups in total. The zero-order chi connectivity index (χ0) is 16.1. The molecule has 0 amide bonds. The Morgan fingerprint density at radius 1 is 1.09 bits per heavy atom. The van der Waals surface area contributed by atoms with E-state index in [9.17, 15) is 4.79 Å². The summed E-state index contributed by atoms with van der Waals surface area (Å²) < 4.78 is 5.38. The van der Waals surface area contributed by atoms with Gasteiger partial charge in [0.1, 0.15) is 5.75 Å². The number of carbonyl (C=O) groups is 1. The van der Waals surface area contributed by atoms with E-state index in [2.05, 4.69) is 4.98 Å². The van der Waals surface area contributed by atoms with Gasteiger partial charge in [-0.05, 0) is 55.0 Å². The van der Waals surface area contributed by atoms with Crippen molar-refractivity contribution in [2.75, 3.05) is 6.61 Å². The standard InChI is InChI=1S/C20H17NO2/c1-2-23-17-10-7-16(8-11-17)20(22)12-9-15-13-14-21-19-6-4-3-5-18(15)19/h3-14H,2H2,1H3/b12-9+. The Morgan fingerprint density at radius 3 is 2.65 bits per heavy atom. The van der Waals surface area contributed by atoms with Gasteiger partial charge in [-0.25, -0.2) is 0 Å². The van der Waals surface area contributed by atoms with Crippen LogP contribution >= 0.6 is 0 Å². The third kappa shape index (κ3) is 3.46. The summed E-state index contributed by atoms with van der Waals surface area (Å²) in [6, 6.07) is 17.0. The zero-order valence-corrected chi connectivity index (χ0v) is 12.9. The molecule has 0 aliphatic carbocycles. The number of pyridine rings is 1. The molecule has 0 radical (unpaired) electrons. The van der Waals surface area contributed by atoms with E-state index < -0.39 is 0 Å². The van der Waals surface area contributed by atoms with Gasteiger partial charge in [-0.15, -0.1) is 0 Å². The summed E-state index contributed by atoms with van der Waals surface area (Å²) in [4.78, 5) is 16.6. The van der Waals surface area contributed by atoms with E-state index >= 15 is 0 Å². The van der Waals surface area contributed by atoms with Crippen LogP contribution in [0.2, 0.25) is 0 Å². The fourth-order valence-electron chi connectivity index (χ4n) is 2.41. The lowest BCUT2D eigenvalue weighted by atomic mass is 10.1. The largest absolute Gasteiger partial charge is 0.494 e. The van der Waals surface area contributed by atoms with Gasteiger partial charge in [0.25, 0.3) is 0 Å². The maximum absolute atomic E-state index is 12.3. The number of ketones is 1. The number of allylic oxidation sites excluding steroid dienone is 1. The summed E-state index contributed by atoms with van der Waals surface area (Å²) >= 11 is 0. The van der Waals surface area contributed by atoms with Crippen LogP contribution in [0.4, 0.5) is 0 Å². The first kappa shape index (κ1) is 15.0. The van der Waals surface area contributed by atoms with E-state index in [4.69, 9.17) is 4.74 Å². The molecule has 0 atom stereocenters. The molecule has 1 aromatic heterocycles. The van der Waals surface area contributed by atoms with Gasteiger partial charge >= 0.3 is 0 Å². The lowest BCUT2D eigenvalue weighted by Crippen LogP contribution is -1.96. The van der Waals surface area contributed by atoms with Gasteiger partial charge in [0, 0.05) is 17.1 Å². The van der Waals surface area contributed by atoms with Crippen molar-refractivity contribution < 1.29 is 9.53 Å². The fraction of sp³-hybridized carbons (Fsp3) is 0.100. The molecule has 0 unspecified atom stereocenters. The molecule has 0 fully saturated rings. The maximum Gasteiger partial charge on any atom is 0.185 e. The topological polar surface area (TPSA) is 39.2 Å². The van der Waals surface area contributed by atoms with Crippen molar-refractivity contribution in [1.29, 1.82) is 0 Å². The summed E-state index contributed by atoms with van der Waals surface area (Å²) in [5.74, 6) is 0.738. The molecule has 3 rings (SSSR count). The van der Waals surface area contributed by atoms with Crippen molar-refractivity contribution >= 4 is 22.8 Å². The molecule has 3 heteroatoms. The van der Waals surface area contributed by atoms with Gasteiger partial charge in [0.05, 0.1) is 12.1 Å². The first-order chi connectivity index (χ1) is 11.3.